The largest absolute Gasteiger partial charge is 0.489 e. The zero-order valence-corrected chi connectivity index (χ0v) is 12.9. The Balaban J connectivity index is 1.75. The molecular formula is C15H18FN3O2S. The Labute approximate surface area is 132 Å². The van der Waals surface area contributed by atoms with Crippen molar-refractivity contribution in [1.29, 1.82) is 0 Å². The van der Waals surface area contributed by atoms with Crippen LogP contribution in [-0.4, -0.2) is 42.7 Å². The summed E-state index contributed by atoms with van der Waals surface area (Å²) in [6.45, 7) is 2.16. The van der Waals surface area contributed by atoms with Crippen molar-refractivity contribution < 1.29 is 13.5 Å². The number of thioether (sulfide) groups is 1. The maximum absolute atomic E-state index is 12.5. The number of aromatic nitrogens is 1. The van der Waals surface area contributed by atoms with Crippen molar-refractivity contribution >= 4 is 28.9 Å². The van der Waals surface area contributed by atoms with Crippen LogP contribution in [0.25, 0.3) is 11.1 Å². The third-order valence-corrected chi connectivity index (χ3v) is 4.41. The molecule has 0 radical (unpaired) electrons. The number of rotatable bonds is 5. The highest BCUT2D eigenvalue weighted by Crippen LogP contribution is 2.27. The molecule has 0 amide bonds. The minimum Gasteiger partial charge on any atom is -0.489 e. The topological polar surface area (TPSA) is 64.5 Å². The number of ether oxygens (including phenoxy) is 1. The predicted octanol–water partition coefficient (Wildman–Crippen LogP) is 2.57. The van der Waals surface area contributed by atoms with E-state index in [2.05, 4.69) is 9.88 Å². The van der Waals surface area contributed by atoms with E-state index in [0.717, 1.165) is 30.1 Å². The van der Waals surface area contributed by atoms with Gasteiger partial charge in [-0.05, 0) is 12.1 Å². The Morgan fingerprint density at radius 1 is 1.45 bits per heavy atom. The second-order valence-corrected chi connectivity index (χ2v) is 6.21. The number of benzene rings is 1. The molecule has 3 rings (SSSR count). The molecule has 0 bridgehead atoms. The van der Waals surface area contributed by atoms with Gasteiger partial charge in [0.25, 0.3) is 6.01 Å². The lowest BCUT2D eigenvalue weighted by atomic mass is 10.3. The number of halogens is 1. The maximum Gasteiger partial charge on any atom is 0.298 e. The van der Waals surface area contributed by atoms with Crippen molar-refractivity contribution in [2.45, 2.75) is 0 Å². The SMILES string of the molecule is NCC(=CF)COc1ccc2nc(N3CCSCC3)oc2c1. The van der Waals surface area contributed by atoms with Gasteiger partial charge in [-0.3, -0.25) is 0 Å². The lowest BCUT2D eigenvalue weighted by molar-refractivity contribution is 0.347. The van der Waals surface area contributed by atoms with Crippen molar-refractivity contribution in [3.8, 4) is 5.75 Å². The summed E-state index contributed by atoms with van der Waals surface area (Å²) in [5, 5.41) is 0. The van der Waals surface area contributed by atoms with Gasteiger partial charge >= 0.3 is 0 Å². The fourth-order valence-corrected chi connectivity index (χ4v) is 3.09. The molecule has 1 fully saturated rings. The summed E-state index contributed by atoms with van der Waals surface area (Å²) in [5.41, 5.74) is 7.27. The van der Waals surface area contributed by atoms with E-state index in [4.69, 9.17) is 14.9 Å². The van der Waals surface area contributed by atoms with E-state index in [9.17, 15) is 4.39 Å². The summed E-state index contributed by atoms with van der Waals surface area (Å²) in [5.74, 6) is 2.78. The van der Waals surface area contributed by atoms with Gasteiger partial charge in [-0.1, -0.05) is 0 Å². The fourth-order valence-electron chi connectivity index (χ4n) is 2.18. The van der Waals surface area contributed by atoms with E-state index in [0.29, 0.717) is 29.3 Å². The molecule has 0 unspecified atom stereocenters. The van der Waals surface area contributed by atoms with Crippen LogP contribution in [0.1, 0.15) is 0 Å². The first-order chi connectivity index (χ1) is 10.8. The van der Waals surface area contributed by atoms with E-state index >= 15 is 0 Å². The van der Waals surface area contributed by atoms with Crippen molar-refractivity contribution in [3.63, 3.8) is 0 Å². The van der Waals surface area contributed by atoms with Crippen LogP contribution < -0.4 is 15.4 Å². The zero-order chi connectivity index (χ0) is 15.4. The van der Waals surface area contributed by atoms with E-state index < -0.39 is 0 Å². The number of nitrogens with two attached hydrogens (primary N) is 1. The van der Waals surface area contributed by atoms with Gasteiger partial charge in [-0.25, -0.2) is 4.39 Å². The van der Waals surface area contributed by atoms with Gasteiger partial charge in [0.05, 0.1) is 6.33 Å². The Kier molecular flexibility index (Phi) is 4.84. The molecular weight excluding hydrogens is 305 g/mol. The van der Waals surface area contributed by atoms with Crippen molar-refractivity contribution in [2.75, 3.05) is 42.6 Å². The van der Waals surface area contributed by atoms with Crippen LogP contribution in [0, 0.1) is 0 Å². The van der Waals surface area contributed by atoms with E-state index in [-0.39, 0.29) is 13.2 Å². The molecule has 5 nitrogen and oxygen atoms in total. The van der Waals surface area contributed by atoms with Crippen LogP contribution in [0.3, 0.4) is 0 Å². The van der Waals surface area contributed by atoms with Gasteiger partial charge in [0.15, 0.2) is 5.58 Å². The van der Waals surface area contributed by atoms with E-state index in [1.165, 1.54) is 0 Å². The lowest BCUT2D eigenvalue weighted by Crippen LogP contribution is -2.32. The standard InChI is InChI=1S/C15H18FN3O2S/c16-8-11(9-17)10-20-12-1-2-13-14(7-12)21-15(18-13)19-3-5-22-6-4-19/h1-2,7-8H,3-6,9-10,17H2. The molecule has 0 aliphatic carbocycles. The Hall–Kier alpha value is -1.73. The summed E-state index contributed by atoms with van der Waals surface area (Å²) in [4.78, 5) is 6.66. The molecule has 118 valence electrons. The summed E-state index contributed by atoms with van der Waals surface area (Å²) >= 11 is 1.94. The summed E-state index contributed by atoms with van der Waals surface area (Å²) < 4.78 is 23.8. The molecule has 0 spiro atoms. The third kappa shape index (κ3) is 3.36. The first-order valence-electron chi connectivity index (χ1n) is 7.14. The Morgan fingerprint density at radius 2 is 2.27 bits per heavy atom. The molecule has 2 aromatic rings. The molecule has 0 saturated carbocycles. The van der Waals surface area contributed by atoms with Crippen molar-refractivity contribution in [1.82, 2.24) is 4.98 Å². The van der Waals surface area contributed by atoms with Crippen LogP contribution in [-0.2, 0) is 0 Å². The molecule has 2 heterocycles. The quantitative estimate of drug-likeness (QED) is 0.912. The van der Waals surface area contributed by atoms with Crippen LogP contribution in [0.2, 0.25) is 0 Å². The molecule has 2 N–H and O–H groups in total. The number of anilines is 1. The molecule has 1 saturated heterocycles. The maximum atomic E-state index is 12.5. The van der Waals surface area contributed by atoms with Crippen molar-refractivity contribution in [3.05, 3.63) is 30.1 Å². The highest BCUT2D eigenvalue weighted by atomic mass is 32.2. The number of nitrogens with zero attached hydrogens (tertiary/aromatic N) is 2. The van der Waals surface area contributed by atoms with E-state index in [1.54, 1.807) is 12.1 Å². The fraction of sp³-hybridized carbons (Fsp3) is 0.400. The molecule has 0 atom stereocenters. The van der Waals surface area contributed by atoms with Gasteiger partial charge in [0.1, 0.15) is 17.9 Å². The molecule has 7 heteroatoms. The Bertz CT molecular complexity index is 668. The van der Waals surface area contributed by atoms with Crippen LogP contribution in [0.5, 0.6) is 5.75 Å². The first-order valence-corrected chi connectivity index (χ1v) is 8.30. The average molecular weight is 323 g/mol. The van der Waals surface area contributed by atoms with Crippen LogP contribution >= 0.6 is 11.8 Å². The predicted molar refractivity (Wildman–Crippen MR) is 87.3 cm³/mol. The van der Waals surface area contributed by atoms with Gasteiger partial charge in [-0.2, -0.15) is 16.7 Å². The molecule has 1 aromatic heterocycles. The van der Waals surface area contributed by atoms with Gasteiger partial charge in [0, 0.05) is 42.8 Å². The van der Waals surface area contributed by atoms with Gasteiger partial charge < -0.3 is 19.8 Å². The number of fused-ring (bicyclic) bond motifs is 1. The highest BCUT2D eigenvalue weighted by Gasteiger charge is 2.17. The van der Waals surface area contributed by atoms with Crippen LogP contribution in [0.4, 0.5) is 10.4 Å². The monoisotopic (exact) mass is 323 g/mol. The Morgan fingerprint density at radius 3 is 3.00 bits per heavy atom. The number of oxazole rings is 1. The number of hydrogen-bond donors (Lipinski definition) is 1. The smallest absolute Gasteiger partial charge is 0.298 e. The normalized spacial score (nSPS) is 16.3. The minimum absolute atomic E-state index is 0.128. The van der Waals surface area contributed by atoms with E-state index in [1.807, 2.05) is 17.8 Å². The molecule has 1 aliphatic heterocycles. The molecule has 1 aromatic carbocycles. The highest BCUT2D eigenvalue weighted by molar-refractivity contribution is 7.99. The minimum atomic E-state index is 0.128. The zero-order valence-electron chi connectivity index (χ0n) is 12.1. The second kappa shape index (κ2) is 7.02. The van der Waals surface area contributed by atoms with Gasteiger partial charge in [0.2, 0.25) is 0 Å². The molecule has 1 aliphatic rings. The van der Waals surface area contributed by atoms with Crippen LogP contribution in [0.15, 0.2) is 34.5 Å². The summed E-state index contributed by atoms with van der Waals surface area (Å²) in [6.07, 6.45) is 0.486. The third-order valence-electron chi connectivity index (χ3n) is 3.47. The second-order valence-electron chi connectivity index (χ2n) is 4.99. The van der Waals surface area contributed by atoms with Gasteiger partial charge in [-0.15, -0.1) is 0 Å². The number of hydrogen-bond acceptors (Lipinski definition) is 6. The summed E-state index contributed by atoms with van der Waals surface area (Å²) in [6, 6.07) is 6.07. The molecule has 22 heavy (non-hydrogen) atoms. The lowest BCUT2D eigenvalue weighted by Gasteiger charge is -2.24. The first kappa shape index (κ1) is 15.2. The van der Waals surface area contributed by atoms with Crippen molar-refractivity contribution in [2.24, 2.45) is 5.73 Å². The summed E-state index contributed by atoms with van der Waals surface area (Å²) in [7, 11) is 0. The average Bonchev–Trinajstić information content (AvgIpc) is 3.00.